The maximum atomic E-state index is 13.8. The van der Waals surface area contributed by atoms with Crippen LogP contribution < -0.4 is 0 Å². The molecule has 130 valence electrons. The minimum absolute atomic E-state index is 0.0324. The molecule has 25 heavy (non-hydrogen) atoms. The first kappa shape index (κ1) is 15.7. The highest BCUT2D eigenvalue weighted by Crippen LogP contribution is 2.27. The van der Waals surface area contributed by atoms with Crippen LogP contribution in [-0.4, -0.2) is 44.0 Å². The molecule has 0 bridgehead atoms. The van der Waals surface area contributed by atoms with Crippen molar-refractivity contribution in [3.05, 3.63) is 41.6 Å². The SMILES string of the molecule is CCc1nc(C2CCCN(C(=O)c3cc(F)cc4[nH]cnc34)C2)no1. The van der Waals surface area contributed by atoms with E-state index in [1.54, 1.807) is 4.90 Å². The molecule has 0 radical (unpaired) electrons. The molecule has 1 aliphatic heterocycles. The van der Waals surface area contributed by atoms with Gasteiger partial charge in [0.2, 0.25) is 5.89 Å². The summed E-state index contributed by atoms with van der Waals surface area (Å²) in [6.45, 7) is 3.06. The van der Waals surface area contributed by atoms with Crippen molar-refractivity contribution in [2.45, 2.75) is 32.1 Å². The summed E-state index contributed by atoms with van der Waals surface area (Å²) in [6.07, 6.45) is 3.88. The fourth-order valence-corrected chi connectivity index (χ4v) is 3.30. The maximum absolute atomic E-state index is 13.8. The van der Waals surface area contributed by atoms with Crippen molar-refractivity contribution in [3.8, 4) is 0 Å². The van der Waals surface area contributed by atoms with Gasteiger partial charge in [0.15, 0.2) is 5.82 Å². The smallest absolute Gasteiger partial charge is 0.256 e. The first-order chi connectivity index (χ1) is 12.2. The van der Waals surface area contributed by atoms with Gasteiger partial charge in [0.25, 0.3) is 5.91 Å². The van der Waals surface area contributed by atoms with Crippen LogP contribution in [0.25, 0.3) is 11.0 Å². The number of halogens is 1. The van der Waals surface area contributed by atoms with Crippen molar-refractivity contribution in [3.63, 3.8) is 0 Å². The van der Waals surface area contributed by atoms with Crippen molar-refractivity contribution in [1.29, 1.82) is 0 Å². The number of aromatic nitrogens is 4. The summed E-state index contributed by atoms with van der Waals surface area (Å²) in [5.41, 5.74) is 1.28. The molecule has 1 atom stereocenters. The molecule has 1 amide bonds. The number of hydrogen-bond donors (Lipinski definition) is 1. The molecule has 2 aromatic heterocycles. The molecule has 4 rings (SSSR count). The molecule has 1 saturated heterocycles. The Morgan fingerprint density at radius 1 is 1.48 bits per heavy atom. The van der Waals surface area contributed by atoms with Gasteiger partial charge in [-0.1, -0.05) is 12.1 Å². The maximum Gasteiger partial charge on any atom is 0.256 e. The van der Waals surface area contributed by atoms with E-state index >= 15 is 0 Å². The number of carbonyl (C=O) groups excluding carboxylic acids is 1. The predicted octanol–water partition coefficient (Wildman–Crippen LogP) is 2.67. The van der Waals surface area contributed by atoms with Gasteiger partial charge >= 0.3 is 0 Å². The fraction of sp³-hybridized carbons (Fsp3) is 0.412. The number of piperidine rings is 1. The Morgan fingerprint density at radius 3 is 3.16 bits per heavy atom. The molecule has 1 aromatic carbocycles. The number of amides is 1. The Bertz CT molecular complexity index is 919. The number of nitrogens with one attached hydrogen (secondary N) is 1. The Hall–Kier alpha value is -2.77. The van der Waals surface area contributed by atoms with Crippen molar-refractivity contribution in [2.75, 3.05) is 13.1 Å². The van der Waals surface area contributed by atoms with Gasteiger partial charge in [-0.3, -0.25) is 4.79 Å². The molecular formula is C17H18FN5O2. The molecule has 1 N–H and O–H groups in total. The average Bonchev–Trinajstić information content (AvgIpc) is 3.29. The Labute approximate surface area is 143 Å². The lowest BCUT2D eigenvalue weighted by Crippen LogP contribution is -2.39. The third-order valence-corrected chi connectivity index (χ3v) is 4.58. The number of fused-ring (bicyclic) bond motifs is 1. The minimum atomic E-state index is -0.459. The van der Waals surface area contributed by atoms with E-state index in [2.05, 4.69) is 20.1 Å². The van der Waals surface area contributed by atoms with Crippen molar-refractivity contribution >= 4 is 16.9 Å². The van der Waals surface area contributed by atoms with Crippen LogP contribution in [0.15, 0.2) is 23.0 Å². The lowest BCUT2D eigenvalue weighted by Gasteiger charge is -2.31. The standard InChI is InChI=1S/C17H18FN5O2/c1-2-14-21-16(22-25-14)10-4-3-5-23(8-10)17(24)12-6-11(18)7-13-15(12)20-9-19-13/h6-7,9-10H,2-5,8H2,1H3,(H,19,20). The van der Waals surface area contributed by atoms with Crippen LogP contribution in [-0.2, 0) is 6.42 Å². The topological polar surface area (TPSA) is 87.9 Å². The molecule has 3 heterocycles. The molecule has 1 unspecified atom stereocenters. The highest BCUT2D eigenvalue weighted by molar-refractivity contribution is 6.04. The van der Waals surface area contributed by atoms with Crippen LogP contribution >= 0.6 is 0 Å². The summed E-state index contributed by atoms with van der Waals surface area (Å²) in [7, 11) is 0. The minimum Gasteiger partial charge on any atom is -0.344 e. The third kappa shape index (κ3) is 2.88. The summed E-state index contributed by atoms with van der Waals surface area (Å²) in [5, 5.41) is 4.03. The lowest BCUT2D eigenvalue weighted by molar-refractivity contribution is 0.0705. The first-order valence-corrected chi connectivity index (χ1v) is 8.40. The number of benzene rings is 1. The Morgan fingerprint density at radius 2 is 2.36 bits per heavy atom. The zero-order valence-electron chi connectivity index (χ0n) is 13.8. The highest BCUT2D eigenvalue weighted by Gasteiger charge is 2.29. The van der Waals surface area contributed by atoms with Gasteiger partial charge in [-0.05, 0) is 25.0 Å². The quantitative estimate of drug-likeness (QED) is 0.790. The fourth-order valence-electron chi connectivity index (χ4n) is 3.30. The van der Waals surface area contributed by atoms with Crippen molar-refractivity contribution < 1.29 is 13.7 Å². The summed E-state index contributed by atoms with van der Waals surface area (Å²) in [6, 6.07) is 2.59. The molecule has 1 fully saturated rings. The van der Waals surface area contributed by atoms with Gasteiger partial charge in [-0.25, -0.2) is 9.37 Å². The van der Waals surface area contributed by atoms with Crippen LogP contribution in [0.5, 0.6) is 0 Å². The number of aromatic amines is 1. The molecule has 0 aliphatic carbocycles. The van der Waals surface area contributed by atoms with E-state index in [4.69, 9.17) is 4.52 Å². The van der Waals surface area contributed by atoms with E-state index in [-0.39, 0.29) is 17.4 Å². The van der Waals surface area contributed by atoms with Gasteiger partial charge in [0.1, 0.15) is 11.3 Å². The molecule has 7 nitrogen and oxygen atoms in total. The molecule has 3 aromatic rings. The molecule has 0 spiro atoms. The monoisotopic (exact) mass is 343 g/mol. The molecule has 0 saturated carbocycles. The Balaban J connectivity index is 1.60. The van der Waals surface area contributed by atoms with Gasteiger partial charge in [0.05, 0.1) is 17.4 Å². The highest BCUT2D eigenvalue weighted by atomic mass is 19.1. The molecule has 8 heteroatoms. The predicted molar refractivity (Wildman–Crippen MR) is 87.6 cm³/mol. The largest absolute Gasteiger partial charge is 0.344 e. The van der Waals surface area contributed by atoms with Crippen LogP contribution in [0.1, 0.15) is 47.8 Å². The summed E-state index contributed by atoms with van der Waals surface area (Å²) in [4.78, 5) is 26.1. The molecular weight excluding hydrogens is 325 g/mol. The van der Waals surface area contributed by atoms with Crippen molar-refractivity contribution in [2.24, 2.45) is 0 Å². The van der Waals surface area contributed by atoms with Crippen LogP contribution in [0.2, 0.25) is 0 Å². The zero-order chi connectivity index (χ0) is 17.4. The van der Waals surface area contributed by atoms with E-state index in [0.29, 0.717) is 42.3 Å². The number of imidazole rings is 1. The lowest BCUT2D eigenvalue weighted by atomic mass is 9.96. The van der Waals surface area contributed by atoms with E-state index in [1.807, 2.05) is 6.92 Å². The normalized spacial score (nSPS) is 18.0. The summed E-state index contributed by atoms with van der Waals surface area (Å²) in [5.74, 6) is 0.588. The van der Waals surface area contributed by atoms with E-state index < -0.39 is 5.82 Å². The second-order valence-corrected chi connectivity index (χ2v) is 6.24. The average molecular weight is 343 g/mol. The number of aryl methyl sites for hydroxylation is 1. The second kappa shape index (κ2) is 6.27. The first-order valence-electron chi connectivity index (χ1n) is 8.40. The van der Waals surface area contributed by atoms with E-state index in [9.17, 15) is 9.18 Å². The van der Waals surface area contributed by atoms with Gasteiger partial charge in [-0.2, -0.15) is 4.98 Å². The number of hydrogen-bond acceptors (Lipinski definition) is 5. The van der Waals surface area contributed by atoms with Gasteiger partial charge in [0, 0.05) is 25.4 Å². The van der Waals surface area contributed by atoms with Crippen molar-refractivity contribution in [1.82, 2.24) is 25.0 Å². The summed E-state index contributed by atoms with van der Waals surface area (Å²) >= 11 is 0. The van der Waals surface area contributed by atoms with Crippen LogP contribution in [0.3, 0.4) is 0 Å². The van der Waals surface area contributed by atoms with E-state index in [1.165, 1.54) is 18.5 Å². The number of likely N-dealkylation sites (tertiary alicyclic amines) is 1. The zero-order valence-corrected chi connectivity index (χ0v) is 13.8. The third-order valence-electron chi connectivity index (χ3n) is 4.58. The number of carbonyl (C=O) groups is 1. The number of rotatable bonds is 3. The van der Waals surface area contributed by atoms with Gasteiger partial charge in [-0.15, -0.1) is 0 Å². The summed E-state index contributed by atoms with van der Waals surface area (Å²) < 4.78 is 19.0. The van der Waals surface area contributed by atoms with Crippen LogP contribution in [0, 0.1) is 5.82 Å². The van der Waals surface area contributed by atoms with Crippen LogP contribution in [0.4, 0.5) is 4.39 Å². The van der Waals surface area contributed by atoms with Gasteiger partial charge < -0.3 is 14.4 Å². The van der Waals surface area contributed by atoms with E-state index in [0.717, 1.165) is 12.8 Å². The number of H-pyrrole nitrogens is 1. The second-order valence-electron chi connectivity index (χ2n) is 6.24. The number of nitrogens with zero attached hydrogens (tertiary/aromatic N) is 4. The Kier molecular flexibility index (Phi) is 3.95. The molecule has 1 aliphatic rings.